The fraction of sp³-hybridized carbons (Fsp3) is 1.00. The van der Waals surface area contributed by atoms with E-state index < -0.39 is 15.1 Å². The molecule has 4 heteroatoms. The van der Waals surface area contributed by atoms with E-state index in [4.69, 9.17) is 14.2 Å². The lowest BCUT2D eigenvalue weighted by molar-refractivity contribution is -0.295. The van der Waals surface area contributed by atoms with Crippen LogP contribution in [0.25, 0.3) is 0 Å². The Morgan fingerprint density at radius 2 is 1.44 bits per heavy atom. The number of hydrogen-bond acceptors (Lipinski definition) is 3. The summed E-state index contributed by atoms with van der Waals surface area (Å²) in [6, 6.07) is 0. The molecular formula is C14H28O3Si. The first kappa shape index (κ1) is 14.5. The second-order valence-electron chi connectivity index (χ2n) is 5.90. The van der Waals surface area contributed by atoms with E-state index in [0.29, 0.717) is 0 Å². The molecule has 3 unspecified atom stereocenters. The standard InChI is InChI=1S/C14H28O3Si/c1-15-14(16-2,17-3)18-13-10-6-8-11-7-4-5-9-12(11)13/h11-13H,4-10,18H2,1-3H3. The molecule has 0 amide bonds. The smallest absolute Gasteiger partial charge is 0.248 e. The van der Waals surface area contributed by atoms with E-state index in [2.05, 4.69) is 0 Å². The highest BCUT2D eigenvalue weighted by Crippen LogP contribution is 2.47. The van der Waals surface area contributed by atoms with Crippen molar-refractivity contribution in [3.8, 4) is 0 Å². The Balaban J connectivity index is 2.02. The predicted molar refractivity (Wildman–Crippen MR) is 75.4 cm³/mol. The van der Waals surface area contributed by atoms with Gasteiger partial charge in [0.25, 0.3) is 0 Å². The Hall–Kier alpha value is 0.0969. The molecule has 2 aliphatic rings. The molecule has 2 rings (SSSR count). The fourth-order valence-corrected chi connectivity index (χ4v) is 6.70. The van der Waals surface area contributed by atoms with Crippen LogP contribution in [0.2, 0.25) is 5.54 Å². The Kier molecular flexibility index (Phi) is 5.24. The van der Waals surface area contributed by atoms with Gasteiger partial charge < -0.3 is 14.2 Å². The summed E-state index contributed by atoms with van der Waals surface area (Å²) in [5.41, 5.74) is 0.146. The van der Waals surface area contributed by atoms with Crippen LogP contribution in [0.4, 0.5) is 0 Å². The highest BCUT2D eigenvalue weighted by atomic mass is 28.2. The van der Waals surface area contributed by atoms with E-state index in [9.17, 15) is 0 Å². The molecule has 0 radical (unpaired) electrons. The van der Waals surface area contributed by atoms with E-state index in [1.165, 1.54) is 44.9 Å². The molecule has 0 N–H and O–H groups in total. The third-order valence-electron chi connectivity index (χ3n) is 5.17. The first-order valence-electron chi connectivity index (χ1n) is 7.40. The van der Waals surface area contributed by atoms with Gasteiger partial charge >= 0.3 is 0 Å². The van der Waals surface area contributed by atoms with E-state index in [-0.39, 0.29) is 0 Å². The van der Waals surface area contributed by atoms with Gasteiger partial charge in [-0.2, -0.15) is 0 Å². The van der Waals surface area contributed by atoms with Crippen molar-refractivity contribution in [2.75, 3.05) is 21.3 Å². The summed E-state index contributed by atoms with van der Waals surface area (Å²) in [7, 11) is 4.57. The zero-order chi connectivity index (χ0) is 13.0. The van der Waals surface area contributed by atoms with Crippen LogP contribution in [0.5, 0.6) is 0 Å². The molecule has 2 fully saturated rings. The van der Waals surface area contributed by atoms with Crippen LogP contribution in [0.15, 0.2) is 0 Å². The van der Waals surface area contributed by atoms with Gasteiger partial charge in [0.2, 0.25) is 5.60 Å². The van der Waals surface area contributed by atoms with Gasteiger partial charge in [0.1, 0.15) is 9.52 Å². The number of hydrogen-bond donors (Lipinski definition) is 0. The van der Waals surface area contributed by atoms with Crippen molar-refractivity contribution in [1.82, 2.24) is 0 Å². The highest BCUT2D eigenvalue weighted by Gasteiger charge is 2.41. The van der Waals surface area contributed by atoms with Crippen molar-refractivity contribution in [1.29, 1.82) is 0 Å². The van der Waals surface area contributed by atoms with Crippen LogP contribution >= 0.6 is 0 Å². The summed E-state index contributed by atoms with van der Waals surface area (Å²) >= 11 is 0. The fourth-order valence-electron chi connectivity index (χ4n) is 4.15. The third kappa shape index (κ3) is 2.98. The summed E-state index contributed by atoms with van der Waals surface area (Å²) < 4.78 is 16.6. The van der Waals surface area contributed by atoms with Crippen LogP contribution in [0.1, 0.15) is 44.9 Å². The number of methoxy groups -OCH3 is 3. The second kappa shape index (κ2) is 6.50. The van der Waals surface area contributed by atoms with Crippen LogP contribution < -0.4 is 0 Å². The van der Waals surface area contributed by atoms with E-state index in [1.807, 2.05) is 0 Å². The zero-order valence-corrected chi connectivity index (χ0v) is 13.5. The summed E-state index contributed by atoms with van der Waals surface area (Å²) in [5, 5.41) is 0. The molecule has 3 nitrogen and oxygen atoms in total. The van der Waals surface area contributed by atoms with Gasteiger partial charge in [0, 0.05) is 21.3 Å². The Morgan fingerprint density at radius 3 is 2.11 bits per heavy atom. The predicted octanol–water partition coefficient (Wildman–Crippen LogP) is 2.48. The second-order valence-corrected chi connectivity index (χ2v) is 8.22. The summed E-state index contributed by atoms with van der Waals surface area (Å²) in [6.45, 7) is 0. The SMILES string of the molecule is COC(OC)(OC)[SiH2]C1CCCC2CCCCC21. The molecule has 3 atom stereocenters. The maximum Gasteiger partial charge on any atom is 0.248 e. The first-order valence-corrected chi connectivity index (χ1v) is 8.92. The van der Waals surface area contributed by atoms with Crippen molar-refractivity contribution in [3.05, 3.63) is 0 Å². The summed E-state index contributed by atoms with van der Waals surface area (Å²) in [4.78, 5) is 0. The van der Waals surface area contributed by atoms with Gasteiger partial charge in [0.15, 0.2) is 0 Å². The molecule has 0 heterocycles. The van der Waals surface area contributed by atoms with Gasteiger partial charge in [-0.25, -0.2) is 0 Å². The Bertz CT molecular complexity index is 245. The molecule has 0 spiro atoms. The normalized spacial score (nSPS) is 33.8. The molecule has 2 aliphatic carbocycles. The topological polar surface area (TPSA) is 27.7 Å². The van der Waals surface area contributed by atoms with Crippen molar-refractivity contribution >= 4 is 9.52 Å². The number of fused-ring (bicyclic) bond motifs is 1. The lowest BCUT2D eigenvalue weighted by atomic mass is 9.70. The number of rotatable bonds is 5. The minimum Gasteiger partial charge on any atom is -0.335 e. The van der Waals surface area contributed by atoms with Gasteiger partial charge in [-0.3, -0.25) is 0 Å². The molecule has 0 saturated heterocycles. The maximum absolute atomic E-state index is 5.54. The van der Waals surface area contributed by atoms with Crippen LogP contribution in [-0.4, -0.2) is 36.4 Å². The highest BCUT2D eigenvalue weighted by molar-refractivity contribution is 6.40. The maximum atomic E-state index is 5.54. The average molecular weight is 272 g/mol. The van der Waals surface area contributed by atoms with Crippen LogP contribution in [0, 0.1) is 11.8 Å². The first-order chi connectivity index (χ1) is 8.74. The van der Waals surface area contributed by atoms with Crippen LogP contribution in [0.3, 0.4) is 0 Å². The minimum atomic E-state index is -0.690. The molecule has 18 heavy (non-hydrogen) atoms. The molecular weight excluding hydrogens is 244 g/mol. The average Bonchev–Trinajstić information content (AvgIpc) is 2.45. The van der Waals surface area contributed by atoms with E-state index in [0.717, 1.165) is 17.4 Å². The Morgan fingerprint density at radius 1 is 0.833 bits per heavy atom. The van der Waals surface area contributed by atoms with Gasteiger partial charge in [0.05, 0.1) is 0 Å². The molecule has 0 aromatic rings. The lowest BCUT2D eigenvalue weighted by Crippen LogP contribution is -2.47. The van der Waals surface area contributed by atoms with Gasteiger partial charge in [-0.15, -0.1) is 0 Å². The zero-order valence-electron chi connectivity index (χ0n) is 12.1. The quantitative estimate of drug-likeness (QED) is 0.568. The molecule has 0 aromatic heterocycles. The lowest BCUT2D eigenvalue weighted by Gasteiger charge is -2.44. The summed E-state index contributed by atoms with van der Waals surface area (Å²) in [5.74, 6) is 1.91. The minimum absolute atomic E-state index is 0.560. The Labute approximate surface area is 113 Å². The van der Waals surface area contributed by atoms with Crippen molar-refractivity contribution in [2.45, 2.75) is 56.1 Å². The molecule has 2 saturated carbocycles. The largest absolute Gasteiger partial charge is 0.335 e. The monoisotopic (exact) mass is 272 g/mol. The van der Waals surface area contributed by atoms with Crippen LogP contribution in [-0.2, 0) is 14.2 Å². The van der Waals surface area contributed by atoms with Gasteiger partial charge in [-0.05, 0) is 17.4 Å². The van der Waals surface area contributed by atoms with E-state index >= 15 is 0 Å². The number of ether oxygens (including phenoxy) is 3. The molecule has 0 aromatic carbocycles. The third-order valence-corrected chi connectivity index (χ3v) is 8.07. The van der Waals surface area contributed by atoms with E-state index in [1.54, 1.807) is 21.3 Å². The molecule has 0 aliphatic heterocycles. The summed E-state index contributed by atoms with van der Waals surface area (Å²) in [6.07, 6.45) is 9.96. The van der Waals surface area contributed by atoms with Crippen molar-refractivity contribution in [2.24, 2.45) is 11.8 Å². The van der Waals surface area contributed by atoms with Crippen molar-refractivity contribution < 1.29 is 14.2 Å². The molecule has 106 valence electrons. The van der Waals surface area contributed by atoms with Crippen molar-refractivity contribution in [3.63, 3.8) is 0 Å². The molecule has 0 bridgehead atoms. The van der Waals surface area contributed by atoms with Gasteiger partial charge in [-0.1, -0.05) is 44.9 Å².